The van der Waals surface area contributed by atoms with Crippen molar-refractivity contribution in [2.75, 3.05) is 6.67 Å². The molecule has 0 spiro atoms. The van der Waals surface area contributed by atoms with E-state index in [9.17, 15) is 0 Å². The van der Waals surface area contributed by atoms with Gasteiger partial charge in [-0.25, -0.2) is 0 Å². The molecule has 0 amide bonds. The van der Waals surface area contributed by atoms with Crippen LogP contribution in [0.15, 0.2) is 21.6 Å². The first-order chi connectivity index (χ1) is 5.20. The lowest BCUT2D eigenvalue weighted by Crippen LogP contribution is -2.22. The van der Waals surface area contributed by atoms with Crippen LogP contribution in [0.5, 0.6) is 0 Å². The summed E-state index contributed by atoms with van der Waals surface area (Å²) in [4.78, 5) is 8.50. The minimum absolute atomic E-state index is 0.252. The Kier molecular flexibility index (Phi) is 1.25. The number of rotatable bonds is 0. The van der Waals surface area contributed by atoms with Crippen LogP contribution in [0.1, 0.15) is 20.3 Å². The maximum absolute atomic E-state index is 4.39. The van der Waals surface area contributed by atoms with E-state index in [0.29, 0.717) is 6.67 Å². The fourth-order valence-corrected chi connectivity index (χ4v) is 1.62. The van der Waals surface area contributed by atoms with E-state index >= 15 is 0 Å². The van der Waals surface area contributed by atoms with Crippen LogP contribution in [0.2, 0.25) is 0 Å². The molecule has 0 radical (unpaired) electrons. The molecular weight excluding hydrogens is 136 g/mol. The third-order valence-electron chi connectivity index (χ3n) is 2.29. The Morgan fingerprint density at radius 1 is 1.45 bits per heavy atom. The van der Waals surface area contributed by atoms with Crippen molar-refractivity contribution in [3.63, 3.8) is 0 Å². The molecule has 0 bridgehead atoms. The molecule has 58 valence electrons. The molecule has 0 N–H and O–H groups in total. The van der Waals surface area contributed by atoms with Crippen molar-refractivity contribution >= 4 is 11.9 Å². The fourth-order valence-electron chi connectivity index (χ4n) is 1.62. The van der Waals surface area contributed by atoms with E-state index in [0.717, 1.165) is 6.42 Å². The van der Waals surface area contributed by atoms with Crippen molar-refractivity contribution in [3.8, 4) is 0 Å². The third-order valence-corrected chi connectivity index (χ3v) is 2.29. The van der Waals surface area contributed by atoms with Crippen molar-refractivity contribution < 1.29 is 0 Å². The van der Waals surface area contributed by atoms with Crippen molar-refractivity contribution in [1.82, 2.24) is 0 Å². The summed E-state index contributed by atoms with van der Waals surface area (Å²) in [5.41, 5.74) is 2.73. The molecule has 1 aliphatic carbocycles. The maximum atomic E-state index is 4.39. The highest BCUT2D eigenvalue weighted by molar-refractivity contribution is 6.20. The van der Waals surface area contributed by atoms with E-state index in [1.807, 2.05) is 6.21 Å². The van der Waals surface area contributed by atoms with Crippen LogP contribution in [0.3, 0.4) is 0 Å². The topological polar surface area (TPSA) is 24.7 Å². The fraction of sp³-hybridized carbons (Fsp3) is 0.556. The number of fused-ring (bicyclic) bond motifs is 1. The van der Waals surface area contributed by atoms with Gasteiger partial charge in [-0.15, -0.1) is 0 Å². The zero-order valence-electron chi connectivity index (χ0n) is 6.96. The molecule has 1 heterocycles. The van der Waals surface area contributed by atoms with Crippen molar-refractivity contribution in [2.45, 2.75) is 20.3 Å². The number of hydrogen-bond donors (Lipinski definition) is 0. The van der Waals surface area contributed by atoms with E-state index in [2.05, 4.69) is 29.9 Å². The van der Waals surface area contributed by atoms with Crippen LogP contribution in [0.4, 0.5) is 0 Å². The van der Waals surface area contributed by atoms with E-state index < -0.39 is 0 Å². The van der Waals surface area contributed by atoms with Crippen LogP contribution in [0, 0.1) is 5.41 Å². The average molecular weight is 148 g/mol. The normalized spacial score (nSPS) is 26.0. The highest BCUT2D eigenvalue weighted by Crippen LogP contribution is 2.34. The standard InChI is InChI=1S/C9H12N2/c1-9(2)4-3-7-5-10-6-11-8(7)9/h3,5H,4,6H2,1-2H3. The zero-order valence-corrected chi connectivity index (χ0v) is 6.96. The number of hydrogen-bond acceptors (Lipinski definition) is 2. The maximum Gasteiger partial charge on any atom is 0.129 e. The molecule has 2 nitrogen and oxygen atoms in total. The lowest BCUT2D eigenvalue weighted by molar-refractivity contribution is 0.546. The molecule has 0 aromatic rings. The van der Waals surface area contributed by atoms with Crippen LogP contribution in [-0.2, 0) is 0 Å². The van der Waals surface area contributed by atoms with Gasteiger partial charge in [0.25, 0.3) is 0 Å². The number of allylic oxidation sites excluding steroid dienone is 2. The molecule has 11 heavy (non-hydrogen) atoms. The van der Waals surface area contributed by atoms with Gasteiger partial charge >= 0.3 is 0 Å². The molecule has 0 fully saturated rings. The smallest absolute Gasteiger partial charge is 0.129 e. The van der Waals surface area contributed by atoms with Gasteiger partial charge in [0, 0.05) is 17.2 Å². The summed E-state index contributed by atoms with van der Waals surface area (Å²) in [6.07, 6.45) is 5.27. The number of aliphatic imine (C=N–C) groups is 2. The average Bonchev–Trinajstić information content (AvgIpc) is 2.29. The second kappa shape index (κ2) is 2.03. The van der Waals surface area contributed by atoms with Gasteiger partial charge in [0.15, 0.2) is 0 Å². The quantitative estimate of drug-likeness (QED) is 0.500. The first kappa shape index (κ1) is 6.77. The molecule has 1 aliphatic heterocycles. The molecule has 0 aromatic carbocycles. The predicted molar refractivity (Wildman–Crippen MR) is 47.3 cm³/mol. The van der Waals surface area contributed by atoms with Crippen molar-refractivity contribution in [1.29, 1.82) is 0 Å². The van der Waals surface area contributed by atoms with E-state index in [4.69, 9.17) is 0 Å². The van der Waals surface area contributed by atoms with Gasteiger partial charge in [-0.1, -0.05) is 19.9 Å². The van der Waals surface area contributed by atoms with Crippen molar-refractivity contribution in [3.05, 3.63) is 11.6 Å². The van der Waals surface area contributed by atoms with Gasteiger partial charge in [-0.2, -0.15) is 0 Å². The molecule has 0 saturated heterocycles. The van der Waals surface area contributed by atoms with E-state index in [-0.39, 0.29) is 5.41 Å². The molecule has 2 heteroatoms. The second-order valence-electron chi connectivity index (χ2n) is 3.71. The number of nitrogens with zero attached hydrogens (tertiary/aromatic N) is 2. The third kappa shape index (κ3) is 0.934. The Balaban J connectivity index is 2.40. The van der Waals surface area contributed by atoms with Gasteiger partial charge < -0.3 is 0 Å². The summed E-state index contributed by atoms with van der Waals surface area (Å²) in [7, 11) is 0. The van der Waals surface area contributed by atoms with Gasteiger partial charge in [-0.05, 0) is 6.42 Å². The Labute approximate surface area is 66.7 Å². The molecule has 0 aromatic heterocycles. The summed E-state index contributed by atoms with van der Waals surface area (Å²) in [6.45, 7) is 5.08. The van der Waals surface area contributed by atoms with Crippen molar-refractivity contribution in [2.24, 2.45) is 15.4 Å². The Hall–Kier alpha value is -0.920. The summed E-state index contributed by atoms with van der Waals surface area (Å²) < 4.78 is 0. The van der Waals surface area contributed by atoms with Gasteiger partial charge in [0.1, 0.15) is 6.67 Å². The monoisotopic (exact) mass is 148 g/mol. The Morgan fingerprint density at radius 3 is 3.00 bits per heavy atom. The molecule has 2 rings (SSSR count). The Morgan fingerprint density at radius 2 is 2.27 bits per heavy atom. The highest BCUT2D eigenvalue weighted by atomic mass is 15.0. The minimum Gasteiger partial charge on any atom is -0.269 e. The SMILES string of the molecule is CC1(C)CC=C2C=NCN=C21. The molecule has 0 atom stereocenters. The lowest BCUT2D eigenvalue weighted by atomic mass is 9.87. The van der Waals surface area contributed by atoms with E-state index in [1.165, 1.54) is 11.3 Å². The summed E-state index contributed by atoms with van der Waals surface area (Å²) in [6, 6.07) is 0. The first-order valence-corrected chi connectivity index (χ1v) is 3.95. The molecule has 0 unspecified atom stereocenters. The van der Waals surface area contributed by atoms with Crippen LogP contribution in [0.25, 0.3) is 0 Å². The second-order valence-corrected chi connectivity index (χ2v) is 3.71. The zero-order chi connectivity index (χ0) is 7.90. The largest absolute Gasteiger partial charge is 0.269 e. The molecule has 0 saturated carbocycles. The summed E-state index contributed by atoms with van der Waals surface area (Å²) in [5.74, 6) is 0. The summed E-state index contributed by atoms with van der Waals surface area (Å²) >= 11 is 0. The van der Waals surface area contributed by atoms with Crippen LogP contribution < -0.4 is 0 Å². The predicted octanol–water partition coefficient (Wildman–Crippen LogP) is 1.83. The lowest BCUT2D eigenvalue weighted by Gasteiger charge is -2.20. The van der Waals surface area contributed by atoms with Gasteiger partial charge in [0.2, 0.25) is 0 Å². The van der Waals surface area contributed by atoms with E-state index in [1.54, 1.807) is 0 Å². The highest BCUT2D eigenvalue weighted by Gasteiger charge is 2.32. The molecular formula is C9H12N2. The molecule has 2 aliphatic rings. The van der Waals surface area contributed by atoms with Gasteiger partial charge in [0.05, 0.1) is 5.71 Å². The minimum atomic E-state index is 0.252. The Bertz CT molecular complexity index is 269. The van der Waals surface area contributed by atoms with Crippen LogP contribution >= 0.6 is 0 Å². The summed E-state index contributed by atoms with van der Waals surface area (Å²) in [5, 5.41) is 0. The first-order valence-electron chi connectivity index (χ1n) is 3.95. The van der Waals surface area contributed by atoms with Crippen LogP contribution in [-0.4, -0.2) is 18.6 Å². The van der Waals surface area contributed by atoms with Gasteiger partial charge in [-0.3, -0.25) is 9.98 Å².